The summed E-state index contributed by atoms with van der Waals surface area (Å²) in [5, 5.41) is 15.2. The van der Waals surface area contributed by atoms with E-state index in [9.17, 15) is 14.7 Å². The molecule has 2 aromatic heterocycles. The highest BCUT2D eigenvalue weighted by Crippen LogP contribution is 2.41. The number of rotatable bonds is 9. The number of pyridine rings is 2. The van der Waals surface area contributed by atoms with E-state index in [1.165, 1.54) is 11.8 Å². The first-order chi connectivity index (χ1) is 16.6. The van der Waals surface area contributed by atoms with Gasteiger partial charge in [-0.2, -0.15) is 0 Å². The highest BCUT2D eigenvalue weighted by molar-refractivity contribution is 7.99. The molecule has 0 aliphatic heterocycles. The van der Waals surface area contributed by atoms with Gasteiger partial charge in [0.2, 0.25) is 0 Å². The minimum Gasteiger partial charge on any atom is -0.481 e. The molecular formula is C26H22N4O3S. The molecule has 0 radical (unpaired) electrons. The number of thioether (sulfide) groups is 1. The van der Waals surface area contributed by atoms with Crippen molar-refractivity contribution in [2.75, 3.05) is 10.6 Å². The largest absolute Gasteiger partial charge is 0.481 e. The van der Waals surface area contributed by atoms with Crippen LogP contribution in [0, 0.1) is 0 Å². The van der Waals surface area contributed by atoms with E-state index in [1.54, 1.807) is 42.9 Å². The van der Waals surface area contributed by atoms with Gasteiger partial charge in [-0.3, -0.25) is 14.6 Å². The van der Waals surface area contributed by atoms with Crippen molar-refractivity contribution in [2.45, 2.75) is 16.6 Å². The van der Waals surface area contributed by atoms with Crippen molar-refractivity contribution >= 4 is 40.8 Å². The molecule has 0 saturated carbocycles. The van der Waals surface area contributed by atoms with Gasteiger partial charge in [0, 0.05) is 40.0 Å². The van der Waals surface area contributed by atoms with Gasteiger partial charge in [0.1, 0.15) is 5.82 Å². The number of para-hydroxylation sites is 1. The van der Waals surface area contributed by atoms with Crippen LogP contribution in [0.4, 0.5) is 17.2 Å². The minimum atomic E-state index is -0.901. The van der Waals surface area contributed by atoms with Crippen molar-refractivity contribution in [2.24, 2.45) is 0 Å². The van der Waals surface area contributed by atoms with Crippen LogP contribution in [-0.4, -0.2) is 27.0 Å². The number of nitrogens with zero attached hydrogens (tertiary/aromatic N) is 2. The van der Waals surface area contributed by atoms with Gasteiger partial charge in [0.25, 0.3) is 5.91 Å². The van der Waals surface area contributed by atoms with Crippen molar-refractivity contribution < 1.29 is 14.7 Å². The Bertz CT molecular complexity index is 1250. The van der Waals surface area contributed by atoms with E-state index in [0.29, 0.717) is 11.3 Å². The summed E-state index contributed by atoms with van der Waals surface area (Å²) in [6, 6.07) is 23.7. The zero-order valence-electron chi connectivity index (χ0n) is 18.1. The van der Waals surface area contributed by atoms with E-state index in [2.05, 4.69) is 20.6 Å². The maximum atomic E-state index is 12.9. The molecule has 170 valence electrons. The highest BCUT2D eigenvalue weighted by atomic mass is 32.2. The number of benzene rings is 2. The molecule has 3 N–H and O–H groups in total. The second kappa shape index (κ2) is 11.1. The fourth-order valence-electron chi connectivity index (χ4n) is 3.26. The Morgan fingerprint density at radius 1 is 0.912 bits per heavy atom. The van der Waals surface area contributed by atoms with Crippen LogP contribution in [0.2, 0.25) is 0 Å². The molecule has 2 aromatic carbocycles. The topological polar surface area (TPSA) is 104 Å². The standard InChI is InChI=1S/C26H22N4O3S/c31-25(32)16-23(19-6-5-14-27-17-19)34-22-8-2-1-7-21(22)30-26(33)18-10-12-20(13-11-18)29-24-9-3-4-15-28-24/h1-15,17,23H,16H2,(H,28,29)(H,30,33)(H,31,32). The monoisotopic (exact) mass is 470 g/mol. The van der Waals surface area contributed by atoms with E-state index in [1.807, 2.05) is 54.6 Å². The zero-order chi connectivity index (χ0) is 23.8. The second-order valence-electron chi connectivity index (χ2n) is 7.36. The predicted molar refractivity (Wildman–Crippen MR) is 133 cm³/mol. The second-order valence-corrected chi connectivity index (χ2v) is 8.60. The Morgan fingerprint density at radius 3 is 2.41 bits per heavy atom. The summed E-state index contributed by atoms with van der Waals surface area (Å²) < 4.78 is 0. The number of carboxylic acids is 1. The molecule has 1 atom stereocenters. The van der Waals surface area contributed by atoms with Crippen LogP contribution >= 0.6 is 11.8 Å². The van der Waals surface area contributed by atoms with Gasteiger partial charge in [-0.15, -0.1) is 11.8 Å². The molecule has 4 rings (SSSR count). The summed E-state index contributed by atoms with van der Waals surface area (Å²) in [6.45, 7) is 0. The molecule has 2 heterocycles. The number of carbonyl (C=O) groups is 2. The Labute approximate surface area is 201 Å². The first-order valence-electron chi connectivity index (χ1n) is 10.6. The third-order valence-electron chi connectivity index (χ3n) is 4.91. The van der Waals surface area contributed by atoms with Crippen LogP contribution in [0.1, 0.15) is 27.6 Å². The maximum absolute atomic E-state index is 12.9. The van der Waals surface area contributed by atoms with E-state index in [-0.39, 0.29) is 17.6 Å². The van der Waals surface area contributed by atoms with Crippen LogP contribution in [0.3, 0.4) is 0 Å². The molecule has 7 nitrogen and oxygen atoms in total. The lowest BCUT2D eigenvalue weighted by Crippen LogP contribution is -2.13. The van der Waals surface area contributed by atoms with Gasteiger partial charge in [-0.05, 0) is 60.2 Å². The summed E-state index contributed by atoms with van der Waals surface area (Å²) in [7, 11) is 0. The summed E-state index contributed by atoms with van der Waals surface area (Å²) in [5.41, 5.74) is 2.75. The molecule has 0 saturated heterocycles. The quantitative estimate of drug-likeness (QED) is 0.266. The van der Waals surface area contributed by atoms with Crippen LogP contribution in [0.15, 0.2) is 102 Å². The van der Waals surface area contributed by atoms with E-state index in [0.717, 1.165) is 22.0 Å². The smallest absolute Gasteiger partial charge is 0.304 e. The molecule has 0 aliphatic rings. The molecule has 1 unspecified atom stereocenters. The predicted octanol–water partition coefficient (Wildman–Crippen LogP) is 5.78. The third-order valence-corrected chi connectivity index (χ3v) is 6.24. The Hall–Kier alpha value is -4.17. The van der Waals surface area contributed by atoms with Crippen LogP contribution in [0.5, 0.6) is 0 Å². The summed E-state index contributed by atoms with van der Waals surface area (Å²) >= 11 is 1.39. The average molecular weight is 471 g/mol. The van der Waals surface area contributed by atoms with Gasteiger partial charge in [0.05, 0.1) is 12.1 Å². The number of carbonyl (C=O) groups excluding carboxylic acids is 1. The molecule has 0 fully saturated rings. The summed E-state index contributed by atoms with van der Waals surface area (Å²) in [4.78, 5) is 33.5. The lowest BCUT2D eigenvalue weighted by Gasteiger charge is -2.17. The third kappa shape index (κ3) is 6.20. The van der Waals surface area contributed by atoms with Gasteiger partial charge >= 0.3 is 5.97 Å². The van der Waals surface area contributed by atoms with Crippen molar-refractivity contribution in [3.63, 3.8) is 0 Å². The number of amides is 1. The molecular weight excluding hydrogens is 448 g/mol. The van der Waals surface area contributed by atoms with Gasteiger partial charge in [-0.25, -0.2) is 4.98 Å². The van der Waals surface area contributed by atoms with Crippen LogP contribution in [0.25, 0.3) is 0 Å². The number of nitrogens with one attached hydrogen (secondary N) is 2. The summed E-state index contributed by atoms with van der Waals surface area (Å²) in [6.07, 6.45) is 4.96. The molecule has 1 amide bonds. The van der Waals surface area contributed by atoms with E-state index in [4.69, 9.17) is 0 Å². The fraction of sp³-hybridized carbons (Fsp3) is 0.0769. The zero-order valence-corrected chi connectivity index (χ0v) is 18.9. The summed E-state index contributed by atoms with van der Waals surface area (Å²) in [5.74, 6) is -0.439. The average Bonchev–Trinajstić information content (AvgIpc) is 2.86. The Balaban J connectivity index is 1.48. The van der Waals surface area contributed by atoms with Crippen molar-refractivity contribution in [3.8, 4) is 0 Å². The van der Waals surface area contributed by atoms with Gasteiger partial charge in [0.15, 0.2) is 0 Å². The number of hydrogen-bond donors (Lipinski definition) is 3. The van der Waals surface area contributed by atoms with Gasteiger partial charge in [-0.1, -0.05) is 24.3 Å². The normalized spacial score (nSPS) is 11.4. The first-order valence-corrected chi connectivity index (χ1v) is 11.4. The Kier molecular flexibility index (Phi) is 7.52. The lowest BCUT2D eigenvalue weighted by atomic mass is 10.1. The van der Waals surface area contributed by atoms with Crippen LogP contribution in [-0.2, 0) is 4.79 Å². The van der Waals surface area contributed by atoms with Crippen molar-refractivity contribution in [1.82, 2.24) is 9.97 Å². The highest BCUT2D eigenvalue weighted by Gasteiger charge is 2.19. The van der Waals surface area contributed by atoms with Crippen LogP contribution < -0.4 is 10.6 Å². The molecule has 34 heavy (non-hydrogen) atoms. The number of carboxylic acid groups (broad SMARTS) is 1. The first kappa shape index (κ1) is 23.0. The lowest BCUT2D eigenvalue weighted by molar-refractivity contribution is -0.137. The molecule has 0 aliphatic carbocycles. The van der Waals surface area contributed by atoms with Crippen molar-refractivity contribution in [3.05, 3.63) is 109 Å². The SMILES string of the molecule is O=C(O)CC(Sc1ccccc1NC(=O)c1ccc(Nc2ccccn2)cc1)c1cccnc1. The van der Waals surface area contributed by atoms with E-state index >= 15 is 0 Å². The number of aliphatic carboxylic acids is 1. The number of aromatic nitrogens is 2. The molecule has 8 heteroatoms. The minimum absolute atomic E-state index is 0.0661. The molecule has 4 aromatic rings. The Morgan fingerprint density at radius 2 is 1.71 bits per heavy atom. The fourth-order valence-corrected chi connectivity index (χ4v) is 4.47. The van der Waals surface area contributed by atoms with E-state index < -0.39 is 5.97 Å². The number of anilines is 3. The molecule has 0 bridgehead atoms. The van der Waals surface area contributed by atoms with Crippen molar-refractivity contribution in [1.29, 1.82) is 0 Å². The maximum Gasteiger partial charge on any atom is 0.304 e. The number of hydrogen-bond acceptors (Lipinski definition) is 6. The molecule has 0 spiro atoms. The van der Waals surface area contributed by atoms with Gasteiger partial charge < -0.3 is 15.7 Å².